The fourth-order valence-corrected chi connectivity index (χ4v) is 3.56. The molecule has 5 heteroatoms. The van der Waals surface area contributed by atoms with E-state index in [1.165, 1.54) is 11.3 Å². The Hall–Kier alpha value is -1.59. The van der Waals surface area contributed by atoms with Crippen LogP contribution < -0.4 is 11.1 Å². The number of likely N-dealkylation sites (tertiary alicyclic amines) is 1. The van der Waals surface area contributed by atoms with Gasteiger partial charge in [-0.15, -0.1) is 11.3 Å². The van der Waals surface area contributed by atoms with E-state index in [1.54, 1.807) is 0 Å². The fourth-order valence-electron chi connectivity index (χ4n) is 2.54. The van der Waals surface area contributed by atoms with E-state index in [4.69, 9.17) is 5.73 Å². The lowest BCUT2D eigenvalue weighted by atomic mass is 10.2. The molecule has 1 saturated heterocycles. The SMILES string of the molecule is CN1CCC(NC(=O)c2sc3ccccc3c2N)C1. The molecule has 0 radical (unpaired) electrons. The van der Waals surface area contributed by atoms with Crippen LogP contribution in [0.3, 0.4) is 0 Å². The molecule has 0 spiro atoms. The molecule has 3 N–H and O–H groups in total. The Morgan fingerprint density at radius 2 is 2.26 bits per heavy atom. The van der Waals surface area contributed by atoms with Gasteiger partial charge in [0.15, 0.2) is 0 Å². The average molecular weight is 275 g/mol. The summed E-state index contributed by atoms with van der Waals surface area (Å²) in [6.45, 7) is 1.95. The molecule has 2 heterocycles. The summed E-state index contributed by atoms with van der Waals surface area (Å²) >= 11 is 1.47. The van der Waals surface area contributed by atoms with Crippen molar-refractivity contribution in [3.63, 3.8) is 0 Å². The second-order valence-electron chi connectivity index (χ2n) is 5.06. The van der Waals surface area contributed by atoms with E-state index < -0.39 is 0 Å². The van der Waals surface area contributed by atoms with Crippen LogP contribution in [0.4, 0.5) is 5.69 Å². The maximum atomic E-state index is 12.3. The first kappa shape index (κ1) is 12.4. The molecule has 1 atom stereocenters. The number of hydrogen-bond donors (Lipinski definition) is 2. The molecule has 1 aliphatic rings. The Balaban J connectivity index is 1.83. The van der Waals surface area contributed by atoms with Gasteiger partial charge in [0.05, 0.1) is 5.69 Å². The minimum Gasteiger partial charge on any atom is -0.397 e. The summed E-state index contributed by atoms with van der Waals surface area (Å²) < 4.78 is 1.06. The molecule has 0 bridgehead atoms. The van der Waals surface area contributed by atoms with Crippen molar-refractivity contribution in [3.05, 3.63) is 29.1 Å². The molecule has 1 aromatic carbocycles. The van der Waals surface area contributed by atoms with Gasteiger partial charge in [-0.2, -0.15) is 0 Å². The first-order valence-electron chi connectivity index (χ1n) is 6.41. The number of amides is 1. The Morgan fingerprint density at radius 3 is 2.95 bits per heavy atom. The van der Waals surface area contributed by atoms with Crippen LogP contribution >= 0.6 is 11.3 Å². The molecule has 3 rings (SSSR count). The topological polar surface area (TPSA) is 58.4 Å². The number of nitrogens with one attached hydrogen (secondary N) is 1. The summed E-state index contributed by atoms with van der Waals surface area (Å²) in [7, 11) is 2.07. The first-order valence-corrected chi connectivity index (χ1v) is 7.23. The smallest absolute Gasteiger partial charge is 0.263 e. The van der Waals surface area contributed by atoms with Crippen molar-refractivity contribution < 1.29 is 4.79 Å². The van der Waals surface area contributed by atoms with E-state index in [1.807, 2.05) is 24.3 Å². The van der Waals surface area contributed by atoms with Gasteiger partial charge in [0, 0.05) is 22.7 Å². The highest BCUT2D eigenvalue weighted by Gasteiger charge is 2.23. The number of likely N-dealkylation sites (N-methyl/N-ethyl adjacent to an activating group) is 1. The number of thiophene rings is 1. The monoisotopic (exact) mass is 275 g/mol. The van der Waals surface area contributed by atoms with Crippen molar-refractivity contribution in [3.8, 4) is 0 Å². The van der Waals surface area contributed by atoms with Crippen molar-refractivity contribution in [2.75, 3.05) is 25.9 Å². The molecule has 100 valence electrons. The first-order chi connectivity index (χ1) is 9.15. The lowest BCUT2D eigenvalue weighted by Crippen LogP contribution is -2.36. The van der Waals surface area contributed by atoms with Crippen LogP contribution in [0, 0.1) is 0 Å². The van der Waals surface area contributed by atoms with Gasteiger partial charge in [-0.3, -0.25) is 4.79 Å². The highest BCUT2D eigenvalue weighted by molar-refractivity contribution is 7.21. The standard InChI is InChI=1S/C14H17N3OS/c1-17-7-6-9(8-17)16-14(18)13-12(15)10-4-2-3-5-11(10)19-13/h2-5,9H,6-8,15H2,1H3,(H,16,18). The zero-order valence-electron chi connectivity index (χ0n) is 10.8. The summed E-state index contributed by atoms with van der Waals surface area (Å²) in [6, 6.07) is 8.10. The van der Waals surface area contributed by atoms with Gasteiger partial charge < -0.3 is 16.0 Å². The Morgan fingerprint density at radius 1 is 1.47 bits per heavy atom. The van der Waals surface area contributed by atoms with Crippen LogP contribution in [-0.4, -0.2) is 37.0 Å². The zero-order valence-corrected chi connectivity index (χ0v) is 11.7. The van der Waals surface area contributed by atoms with Crippen molar-refractivity contribution in [1.82, 2.24) is 10.2 Å². The largest absolute Gasteiger partial charge is 0.397 e. The third-order valence-corrected chi connectivity index (χ3v) is 4.75. The number of carbonyl (C=O) groups is 1. The van der Waals surface area contributed by atoms with Crippen LogP contribution in [0.2, 0.25) is 0 Å². The number of anilines is 1. The quantitative estimate of drug-likeness (QED) is 0.880. The Kier molecular flexibility index (Phi) is 3.16. The summed E-state index contributed by atoms with van der Waals surface area (Å²) in [5.41, 5.74) is 6.68. The highest BCUT2D eigenvalue weighted by atomic mass is 32.1. The minimum atomic E-state index is -0.0426. The number of fused-ring (bicyclic) bond motifs is 1. The fraction of sp³-hybridized carbons (Fsp3) is 0.357. The molecule has 1 aliphatic heterocycles. The van der Waals surface area contributed by atoms with Crippen LogP contribution in [0.5, 0.6) is 0 Å². The van der Waals surface area contributed by atoms with Gasteiger partial charge >= 0.3 is 0 Å². The summed E-state index contributed by atoms with van der Waals surface area (Å²) in [4.78, 5) is 15.2. The molecule has 1 aromatic heterocycles. The molecule has 1 amide bonds. The molecular weight excluding hydrogens is 258 g/mol. The van der Waals surface area contributed by atoms with E-state index in [2.05, 4.69) is 17.3 Å². The molecule has 0 aliphatic carbocycles. The van der Waals surface area contributed by atoms with Gasteiger partial charge in [0.1, 0.15) is 4.88 Å². The lowest BCUT2D eigenvalue weighted by Gasteiger charge is -2.12. The molecule has 4 nitrogen and oxygen atoms in total. The van der Waals surface area contributed by atoms with E-state index in [0.717, 1.165) is 29.6 Å². The summed E-state index contributed by atoms with van der Waals surface area (Å²) in [5, 5.41) is 4.05. The zero-order chi connectivity index (χ0) is 13.4. The molecule has 19 heavy (non-hydrogen) atoms. The van der Waals surface area contributed by atoms with Crippen LogP contribution in [0.1, 0.15) is 16.1 Å². The van der Waals surface area contributed by atoms with Crippen LogP contribution in [0.25, 0.3) is 10.1 Å². The van der Waals surface area contributed by atoms with Gasteiger partial charge in [-0.1, -0.05) is 18.2 Å². The second-order valence-corrected chi connectivity index (χ2v) is 6.11. The van der Waals surface area contributed by atoms with Crippen LogP contribution in [0.15, 0.2) is 24.3 Å². The van der Waals surface area contributed by atoms with E-state index in [9.17, 15) is 4.79 Å². The second kappa shape index (κ2) is 4.83. The lowest BCUT2D eigenvalue weighted by molar-refractivity contribution is 0.0943. The number of benzene rings is 1. The molecular formula is C14H17N3OS. The van der Waals surface area contributed by atoms with Gasteiger partial charge in [-0.25, -0.2) is 0 Å². The number of nitrogen functional groups attached to an aromatic ring is 1. The Bertz CT molecular complexity index is 622. The number of hydrogen-bond acceptors (Lipinski definition) is 4. The van der Waals surface area contributed by atoms with Crippen molar-refractivity contribution in [2.24, 2.45) is 0 Å². The number of rotatable bonds is 2. The van der Waals surface area contributed by atoms with E-state index in [0.29, 0.717) is 10.6 Å². The van der Waals surface area contributed by atoms with Gasteiger partial charge in [0.25, 0.3) is 5.91 Å². The van der Waals surface area contributed by atoms with Gasteiger partial charge in [0.2, 0.25) is 0 Å². The highest BCUT2D eigenvalue weighted by Crippen LogP contribution is 2.33. The molecule has 0 saturated carbocycles. The van der Waals surface area contributed by atoms with Gasteiger partial charge in [-0.05, 0) is 26.1 Å². The normalized spacial score (nSPS) is 19.9. The third-order valence-electron chi connectivity index (χ3n) is 3.57. The third kappa shape index (κ3) is 2.31. The average Bonchev–Trinajstić information content (AvgIpc) is 2.94. The number of nitrogens with two attached hydrogens (primary N) is 1. The van der Waals surface area contributed by atoms with Crippen molar-refractivity contribution >= 4 is 33.0 Å². The predicted molar refractivity (Wildman–Crippen MR) is 79.6 cm³/mol. The Labute approximate surface area is 116 Å². The summed E-state index contributed by atoms with van der Waals surface area (Å²) in [6.07, 6.45) is 1.01. The van der Waals surface area contributed by atoms with Crippen molar-refractivity contribution in [2.45, 2.75) is 12.5 Å². The number of carbonyl (C=O) groups excluding carboxylic acids is 1. The maximum Gasteiger partial charge on any atom is 0.263 e. The summed E-state index contributed by atoms with van der Waals surface area (Å²) in [5.74, 6) is -0.0426. The van der Waals surface area contributed by atoms with Crippen molar-refractivity contribution in [1.29, 1.82) is 0 Å². The molecule has 1 fully saturated rings. The molecule has 2 aromatic rings. The van der Waals surface area contributed by atoms with Crippen LogP contribution in [-0.2, 0) is 0 Å². The van der Waals surface area contributed by atoms with E-state index >= 15 is 0 Å². The number of nitrogens with zero attached hydrogens (tertiary/aromatic N) is 1. The maximum absolute atomic E-state index is 12.3. The van der Waals surface area contributed by atoms with E-state index in [-0.39, 0.29) is 11.9 Å². The predicted octanol–water partition coefficient (Wildman–Crippen LogP) is 1.92. The molecule has 1 unspecified atom stereocenters. The minimum absolute atomic E-state index is 0.0426.